The van der Waals surface area contributed by atoms with Gasteiger partial charge in [-0.25, -0.2) is 14.4 Å². The lowest BCUT2D eigenvalue weighted by Gasteiger charge is -2.43. The van der Waals surface area contributed by atoms with Gasteiger partial charge in [0.15, 0.2) is 0 Å². The van der Waals surface area contributed by atoms with Crippen LogP contribution in [-0.2, 0) is 14.9 Å². The van der Waals surface area contributed by atoms with Crippen LogP contribution < -0.4 is 10.6 Å². The largest absolute Gasteiger partial charge is 0.463 e. The van der Waals surface area contributed by atoms with E-state index in [1.54, 1.807) is 11.8 Å². The smallest absolute Gasteiger partial charge is 0.338 e. The number of urea groups is 2. The number of rotatable bonds is 6. The number of piperazine rings is 1. The van der Waals surface area contributed by atoms with E-state index in [2.05, 4.69) is 48.4 Å². The van der Waals surface area contributed by atoms with Crippen LogP contribution >= 0.6 is 0 Å². The van der Waals surface area contributed by atoms with Crippen LogP contribution in [0.4, 0.5) is 9.59 Å². The molecule has 0 spiro atoms. The molecule has 0 saturated carbocycles. The molecule has 39 heavy (non-hydrogen) atoms. The molecule has 216 valence electrons. The number of ether oxygens (including phenoxy) is 1. The molecule has 0 aromatic heterocycles. The normalized spacial score (nSPS) is 21.1. The van der Waals surface area contributed by atoms with Gasteiger partial charge in [0.2, 0.25) is 0 Å². The lowest BCUT2D eigenvalue weighted by molar-refractivity contribution is -0.139. The van der Waals surface area contributed by atoms with Crippen molar-refractivity contribution in [1.29, 1.82) is 0 Å². The van der Waals surface area contributed by atoms with Crippen LogP contribution in [0.2, 0.25) is 0 Å². The number of nitrogens with zero attached hydrogens (tertiary/aromatic N) is 3. The Morgan fingerprint density at radius 3 is 2.21 bits per heavy atom. The maximum atomic E-state index is 13.4. The van der Waals surface area contributed by atoms with E-state index in [1.807, 2.05) is 51.7 Å². The second kappa shape index (κ2) is 12.0. The minimum Gasteiger partial charge on any atom is -0.463 e. The van der Waals surface area contributed by atoms with Gasteiger partial charge in [-0.05, 0) is 58.1 Å². The number of benzene rings is 1. The number of carbonyl (C=O) groups excluding carboxylic acids is 3. The number of nitrogens with one attached hydrogen (secondary N) is 2. The molecule has 4 amide bonds. The highest BCUT2D eigenvalue weighted by atomic mass is 16.5. The highest BCUT2D eigenvalue weighted by molar-refractivity contribution is 5.95. The summed E-state index contributed by atoms with van der Waals surface area (Å²) in [5.74, 6) is -0.424. The van der Waals surface area contributed by atoms with Crippen molar-refractivity contribution in [2.24, 2.45) is 0 Å². The molecule has 0 radical (unpaired) electrons. The molecular weight excluding hydrogens is 494 g/mol. The van der Waals surface area contributed by atoms with Crippen LogP contribution in [0.25, 0.3) is 0 Å². The Balaban J connectivity index is 1.95. The third-order valence-electron chi connectivity index (χ3n) is 7.19. The van der Waals surface area contributed by atoms with Crippen LogP contribution in [0.1, 0.15) is 79.5 Å². The molecule has 1 aromatic carbocycles. The molecule has 9 heteroatoms. The van der Waals surface area contributed by atoms with E-state index >= 15 is 0 Å². The Kier molecular flexibility index (Phi) is 9.36. The first-order chi connectivity index (χ1) is 18.2. The fourth-order valence-corrected chi connectivity index (χ4v) is 5.17. The quantitative estimate of drug-likeness (QED) is 0.521. The fraction of sp³-hybridized carbons (Fsp3) is 0.633. The van der Waals surface area contributed by atoms with Gasteiger partial charge in [0, 0.05) is 50.0 Å². The van der Waals surface area contributed by atoms with Crippen molar-refractivity contribution >= 4 is 18.0 Å². The minimum absolute atomic E-state index is 0.0130. The molecule has 1 saturated heterocycles. The highest BCUT2D eigenvalue weighted by Crippen LogP contribution is 2.33. The van der Waals surface area contributed by atoms with Crippen molar-refractivity contribution in [1.82, 2.24) is 25.3 Å². The monoisotopic (exact) mass is 541 g/mol. The predicted octanol–water partition coefficient (Wildman–Crippen LogP) is 4.40. The molecular formula is C30H47N5O4. The van der Waals surface area contributed by atoms with Gasteiger partial charge in [0.1, 0.15) is 0 Å². The van der Waals surface area contributed by atoms with Gasteiger partial charge in [-0.1, -0.05) is 45.0 Å². The van der Waals surface area contributed by atoms with Crippen molar-refractivity contribution in [2.75, 3.05) is 39.3 Å². The van der Waals surface area contributed by atoms with Crippen LogP contribution in [0.15, 0.2) is 35.5 Å². The lowest BCUT2D eigenvalue weighted by Crippen LogP contribution is -2.59. The third kappa shape index (κ3) is 7.32. The third-order valence-corrected chi connectivity index (χ3v) is 7.19. The zero-order valence-corrected chi connectivity index (χ0v) is 25.2. The average Bonchev–Trinajstić information content (AvgIpc) is 2.82. The van der Waals surface area contributed by atoms with Crippen LogP contribution in [-0.4, -0.2) is 83.6 Å². The Hall–Kier alpha value is -3.07. The van der Waals surface area contributed by atoms with Crippen LogP contribution in [0, 0.1) is 0 Å². The molecule has 1 aromatic rings. The Bertz CT molecular complexity index is 1080. The summed E-state index contributed by atoms with van der Waals surface area (Å²) in [6, 6.07) is 7.13. The number of hydrogen-bond donors (Lipinski definition) is 2. The second-order valence-electron chi connectivity index (χ2n) is 12.5. The molecule has 1 fully saturated rings. The van der Waals surface area contributed by atoms with Crippen molar-refractivity contribution in [3.8, 4) is 0 Å². The van der Waals surface area contributed by atoms with Crippen molar-refractivity contribution < 1.29 is 19.1 Å². The molecule has 0 aliphatic carbocycles. The van der Waals surface area contributed by atoms with E-state index in [9.17, 15) is 14.4 Å². The molecule has 9 nitrogen and oxygen atoms in total. The number of hydrogen-bond acceptors (Lipinski definition) is 5. The average molecular weight is 542 g/mol. The van der Waals surface area contributed by atoms with Gasteiger partial charge in [-0.2, -0.15) is 0 Å². The van der Waals surface area contributed by atoms with E-state index in [-0.39, 0.29) is 35.7 Å². The molecule has 2 aliphatic heterocycles. The van der Waals surface area contributed by atoms with Crippen molar-refractivity contribution in [3.63, 3.8) is 0 Å². The second-order valence-corrected chi connectivity index (χ2v) is 12.5. The van der Waals surface area contributed by atoms with Crippen LogP contribution in [0.3, 0.4) is 0 Å². The predicted molar refractivity (Wildman–Crippen MR) is 153 cm³/mol. The molecule has 0 unspecified atom stereocenters. The standard InChI is InChI=1S/C30H47N5O4/c1-10-34-23(19-33-16-17-35(20(3)18-33)28(38)32-30(7,8)9)24(26(36)39-11-2)25(31-27(34)37)21-12-14-22(15-13-21)29(4,5)6/h12-15,20,25H,10-11,16-19H2,1-9H3,(H,31,37)(H,32,38)/t20-,25+/m1/s1. The zero-order chi connectivity index (χ0) is 29.1. The van der Waals surface area contributed by atoms with Crippen molar-refractivity contribution in [3.05, 3.63) is 46.7 Å². The first-order valence-electron chi connectivity index (χ1n) is 14.1. The summed E-state index contributed by atoms with van der Waals surface area (Å²) >= 11 is 0. The summed E-state index contributed by atoms with van der Waals surface area (Å²) in [6.45, 7) is 21.0. The molecule has 2 atom stereocenters. The summed E-state index contributed by atoms with van der Waals surface area (Å²) in [7, 11) is 0. The Morgan fingerprint density at radius 1 is 1.05 bits per heavy atom. The number of likely N-dealkylation sites (N-methyl/N-ethyl adjacent to an activating group) is 1. The molecule has 2 heterocycles. The minimum atomic E-state index is -0.611. The molecule has 0 bridgehead atoms. The topological polar surface area (TPSA) is 94.2 Å². The van der Waals surface area contributed by atoms with E-state index in [4.69, 9.17) is 4.74 Å². The van der Waals surface area contributed by atoms with E-state index in [1.165, 1.54) is 5.56 Å². The van der Waals surface area contributed by atoms with Gasteiger partial charge < -0.3 is 20.3 Å². The summed E-state index contributed by atoms with van der Waals surface area (Å²) in [5, 5.41) is 6.10. The molecule has 2 N–H and O–H groups in total. The van der Waals surface area contributed by atoms with Gasteiger partial charge in [0.25, 0.3) is 0 Å². The van der Waals surface area contributed by atoms with Gasteiger partial charge in [-0.15, -0.1) is 0 Å². The summed E-state index contributed by atoms with van der Waals surface area (Å²) < 4.78 is 5.52. The SMILES string of the molecule is CCOC(=O)C1=C(CN2CCN(C(=O)NC(C)(C)C)[C@H](C)C2)N(CC)C(=O)N[C@H]1c1ccc(C(C)(C)C)cc1. The molecule has 3 rings (SSSR count). The van der Waals surface area contributed by atoms with Gasteiger partial charge >= 0.3 is 18.0 Å². The highest BCUT2D eigenvalue weighted by Gasteiger charge is 2.39. The first-order valence-corrected chi connectivity index (χ1v) is 14.1. The maximum Gasteiger partial charge on any atom is 0.338 e. The number of carbonyl (C=O) groups is 3. The summed E-state index contributed by atoms with van der Waals surface area (Å²) in [4.78, 5) is 45.3. The van der Waals surface area contributed by atoms with E-state index < -0.39 is 12.0 Å². The Labute approximate surface area is 233 Å². The lowest BCUT2D eigenvalue weighted by atomic mass is 9.85. The summed E-state index contributed by atoms with van der Waals surface area (Å²) in [5.41, 5.74) is 2.80. The zero-order valence-electron chi connectivity index (χ0n) is 25.2. The number of esters is 1. The Morgan fingerprint density at radius 2 is 1.69 bits per heavy atom. The summed E-state index contributed by atoms with van der Waals surface area (Å²) in [6.07, 6.45) is 0. The fourth-order valence-electron chi connectivity index (χ4n) is 5.17. The first kappa shape index (κ1) is 30.5. The van der Waals surface area contributed by atoms with E-state index in [0.717, 1.165) is 5.56 Å². The van der Waals surface area contributed by atoms with Gasteiger partial charge in [-0.3, -0.25) is 9.80 Å². The maximum absolute atomic E-state index is 13.4. The van der Waals surface area contributed by atoms with Crippen LogP contribution in [0.5, 0.6) is 0 Å². The number of amides is 4. The molecule has 2 aliphatic rings. The van der Waals surface area contributed by atoms with Crippen molar-refractivity contribution in [2.45, 2.75) is 85.4 Å². The van der Waals surface area contributed by atoms with E-state index in [0.29, 0.717) is 44.0 Å². The van der Waals surface area contributed by atoms with Gasteiger partial charge in [0.05, 0.1) is 18.2 Å².